The van der Waals surface area contributed by atoms with Gasteiger partial charge in [0.2, 0.25) is 0 Å². The zero-order valence-electron chi connectivity index (χ0n) is 9.23. The average Bonchev–Trinajstić information content (AvgIpc) is 2.51. The molecule has 0 bridgehead atoms. The Labute approximate surface area is 94.8 Å². The number of fused-ring (bicyclic) bond motifs is 3. The van der Waals surface area contributed by atoms with Crippen LogP contribution in [0.4, 0.5) is 0 Å². The maximum absolute atomic E-state index is 9.97. The second-order valence-electron chi connectivity index (χ2n) is 4.61. The first-order valence-electron chi connectivity index (χ1n) is 5.25. The molecule has 1 aliphatic heterocycles. The lowest BCUT2D eigenvalue weighted by atomic mass is 10.1. The summed E-state index contributed by atoms with van der Waals surface area (Å²) in [5.41, 5.74) is 1.83. The van der Waals surface area contributed by atoms with Crippen molar-refractivity contribution in [1.82, 2.24) is 9.97 Å². The summed E-state index contributed by atoms with van der Waals surface area (Å²) in [4.78, 5) is 8.43. The van der Waals surface area contributed by atoms with E-state index in [2.05, 4.69) is 29.1 Å². The van der Waals surface area contributed by atoms with Gasteiger partial charge in [0.15, 0.2) is 0 Å². The monoisotopic (exact) mass is 228 g/mol. The second-order valence-corrected chi connectivity index (χ2v) is 8.94. The Morgan fingerprint density at radius 1 is 1.19 bits per heavy atom. The van der Waals surface area contributed by atoms with Crippen molar-refractivity contribution in [2.45, 2.75) is 13.1 Å². The van der Waals surface area contributed by atoms with Crippen LogP contribution in [0.5, 0.6) is 5.75 Å². The molecule has 0 saturated heterocycles. The van der Waals surface area contributed by atoms with Gasteiger partial charge in [-0.15, -0.1) is 0 Å². The molecule has 2 heterocycles. The van der Waals surface area contributed by atoms with Crippen LogP contribution in [-0.4, -0.2) is 23.1 Å². The molecule has 1 aromatic heterocycles. The summed E-state index contributed by atoms with van der Waals surface area (Å²) in [5, 5.41) is 12.4. The molecule has 3 nitrogen and oxygen atoms in total. The molecule has 0 aliphatic carbocycles. The van der Waals surface area contributed by atoms with Crippen molar-refractivity contribution in [3.8, 4) is 17.0 Å². The van der Waals surface area contributed by atoms with Gasteiger partial charge in [0.25, 0.3) is 0 Å². The van der Waals surface area contributed by atoms with E-state index in [1.807, 2.05) is 12.3 Å². The third-order valence-electron chi connectivity index (χ3n) is 3.34. The van der Waals surface area contributed by atoms with Crippen LogP contribution >= 0.6 is 0 Å². The average molecular weight is 228 g/mol. The van der Waals surface area contributed by atoms with Crippen molar-refractivity contribution in [3.63, 3.8) is 0 Å². The molecule has 0 atom stereocenters. The number of nitrogens with zero attached hydrogens (tertiary/aromatic N) is 2. The minimum atomic E-state index is -1.70. The van der Waals surface area contributed by atoms with Crippen molar-refractivity contribution in [2.24, 2.45) is 0 Å². The highest BCUT2D eigenvalue weighted by Crippen LogP contribution is 2.32. The van der Waals surface area contributed by atoms with Crippen molar-refractivity contribution in [2.75, 3.05) is 0 Å². The van der Waals surface area contributed by atoms with Crippen LogP contribution in [0.3, 0.4) is 0 Å². The van der Waals surface area contributed by atoms with E-state index in [4.69, 9.17) is 0 Å². The fourth-order valence-electron chi connectivity index (χ4n) is 2.44. The topological polar surface area (TPSA) is 46.0 Å². The number of hydrogen-bond donors (Lipinski definition) is 1. The molecule has 1 aromatic carbocycles. The lowest BCUT2D eigenvalue weighted by Crippen LogP contribution is -2.49. The van der Waals surface area contributed by atoms with Gasteiger partial charge in [-0.1, -0.05) is 25.2 Å². The fraction of sp³-hybridized carbons (Fsp3) is 0.167. The van der Waals surface area contributed by atoms with E-state index in [1.54, 1.807) is 12.4 Å². The Balaban J connectivity index is 2.45. The van der Waals surface area contributed by atoms with E-state index >= 15 is 0 Å². The van der Waals surface area contributed by atoms with Crippen LogP contribution < -0.4 is 10.4 Å². The number of phenols is 1. The van der Waals surface area contributed by atoms with E-state index in [0.29, 0.717) is 5.75 Å². The minimum Gasteiger partial charge on any atom is -0.507 e. The lowest BCUT2D eigenvalue weighted by Gasteiger charge is -2.17. The van der Waals surface area contributed by atoms with Crippen molar-refractivity contribution in [1.29, 1.82) is 0 Å². The number of rotatable bonds is 0. The number of hydrogen-bond acceptors (Lipinski definition) is 3. The summed E-state index contributed by atoms with van der Waals surface area (Å²) in [6, 6.07) is 5.73. The van der Waals surface area contributed by atoms with Gasteiger partial charge in [-0.05, 0) is 16.4 Å². The number of aromatic nitrogens is 2. The molecule has 0 amide bonds. The maximum atomic E-state index is 9.97. The predicted octanol–water partition coefficient (Wildman–Crippen LogP) is 0.985. The van der Waals surface area contributed by atoms with Crippen LogP contribution in [0.1, 0.15) is 0 Å². The van der Waals surface area contributed by atoms with Crippen LogP contribution in [0.15, 0.2) is 30.7 Å². The molecule has 3 rings (SSSR count). The smallest absolute Gasteiger partial charge is 0.124 e. The SMILES string of the molecule is C[Si]1(C)c2cncnc2-c2c(O)cccc21. The largest absolute Gasteiger partial charge is 0.507 e. The molecule has 0 saturated carbocycles. The van der Waals surface area contributed by atoms with Gasteiger partial charge in [0.05, 0.1) is 5.69 Å². The van der Waals surface area contributed by atoms with Crippen LogP contribution in [0, 0.1) is 0 Å². The quantitative estimate of drug-likeness (QED) is 0.684. The summed E-state index contributed by atoms with van der Waals surface area (Å²) >= 11 is 0. The Morgan fingerprint density at radius 2 is 2.00 bits per heavy atom. The summed E-state index contributed by atoms with van der Waals surface area (Å²) in [6.07, 6.45) is 3.44. The summed E-state index contributed by atoms with van der Waals surface area (Å²) in [5.74, 6) is 0.329. The van der Waals surface area contributed by atoms with E-state index in [-0.39, 0.29) is 0 Å². The van der Waals surface area contributed by atoms with Crippen LogP contribution in [0.25, 0.3) is 11.3 Å². The first kappa shape index (κ1) is 9.54. The highest BCUT2D eigenvalue weighted by Gasteiger charge is 2.39. The number of benzene rings is 1. The highest BCUT2D eigenvalue weighted by molar-refractivity contribution is 7.03. The van der Waals surface area contributed by atoms with E-state index < -0.39 is 8.07 Å². The Morgan fingerprint density at radius 3 is 2.81 bits per heavy atom. The third kappa shape index (κ3) is 1.02. The molecule has 1 aliphatic rings. The Kier molecular flexibility index (Phi) is 1.74. The summed E-state index contributed by atoms with van der Waals surface area (Å²) in [6.45, 7) is 4.53. The summed E-state index contributed by atoms with van der Waals surface area (Å²) in [7, 11) is -1.70. The number of aromatic hydroxyl groups is 1. The third-order valence-corrected chi connectivity index (χ3v) is 6.81. The standard InChI is InChI=1S/C12H12N2OSi/c1-16(2)9-5-3-4-8(15)11(9)12-10(16)6-13-7-14-12/h3-7,15H,1-2H3. The van der Waals surface area contributed by atoms with E-state index in [1.165, 1.54) is 10.4 Å². The highest BCUT2D eigenvalue weighted by atomic mass is 28.3. The molecule has 80 valence electrons. The first-order valence-corrected chi connectivity index (χ1v) is 8.25. The fourth-order valence-corrected chi connectivity index (χ4v) is 5.29. The van der Waals surface area contributed by atoms with Crippen LogP contribution in [0.2, 0.25) is 13.1 Å². The normalized spacial score (nSPS) is 15.6. The lowest BCUT2D eigenvalue weighted by molar-refractivity contribution is 0.477. The second kappa shape index (κ2) is 2.92. The Hall–Kier alpha value is -1.68. The molecule has 0 spiro atoms. The van der Waals surface area contributed by atoms with Crippen molar-refractivity contribution in [3.05, 3.63) is 30.7 Å². The van der Waals surface area contributed by atoms with E-state index in [0.717, 1.165) is 11.3 Å². The zero-order valence-corrected chi connectivity index (χ0v) is 10.2. The van der Waals surface area contributed by atoms with Gasteiger partial charge in [-0.25, -0.2) is 9.97 Å². The molecule has 16 heavy (non-hydrogen) atoms. The zero-order chi connectivity index (χ0) is 11.3. The molecule has 2 aromatic rings. The van der Waals surface area contributed by atoms with Crippen molar-refractivity contribution < 1.29 is 5.11 Å². The maximum Gasteiger partial charge on any atom is 0.124 e. The minimum absolute atomic E-state index is 0.329. The molecular weight excluding hydrogens is 216 g/mol. The first-order chi connectivity index (χ1) is 7.62. The van der Waals surface area contributed by atoms with E-state index in [9.17, 15) is 5.11 Å². The van der Waals surface area contributed by atoms with Gasteiger partial charge in [-0.3, -0.25) is 0 Å². The van der Waals surface area contributed by atoms with Gasteiger partial charge in [-0.2, -0.15) is 0 Å². The van der Waals surface area contributed by atoms with Gasteiger partial charge >= 0.3 is 0 Å². The van der Waals surface area contributed by atoms with Gasteiger partial charge in [0.1, 0.15) is 20.2 Å². The van der Waals surface area contributed by atoms with Crippen molar-refractivity contribution >= 4 is 18.4 Å². The summed E-state index contributed by atoms with van der Waals surface area (Å²) < 4.78 is 0. The van der Waals surface area contributed by atoms with Gasteiger partial charge < -0.3 is 5.11 Å². The predicted molar refractivity (Wildman–Crippen MR) is 65.9 cm³/mol. The Bertz CT molecular complexity index is 581. The molecule has 0 radical (unpaired) electrons. The van der Waals surface area contributed by atoms with Gasteiger partial charge in [0, 0.05) is 11.8 Å². The molecule has 0 fully saturated rings. The molecular formula is C12H12N2OSi. The van der Waals surface area contributed by atoms with Crippen LogP contribution in [-0.2, 0) is 0 Å². The molecule has 0 unspecified atom stereocenters. The number of phenolic OH excluding ortho intramolecular Hbond substituents is 1. The molecule has 1 N–H and O–H groups in total. The molecule has 4 heteroatoms.